The Bertz CT molecular complexity index is 667. The maximum Gasteiger partial charge on any atom is 0.323 e. The molecule has 116 valence electrons. The zero-order chi connectivity index (χ0) is 16.1. The van der Waals surface area contributed by atoms with Gasteiger partial charge in [-0.25, -0.2) is 0 Å². The third kappa shape index (κ3) is 4.11. The van der Waals surface area contributed by atoms with Crippen molar-refractivity contribution in [3.63, 3.8) is 0 Å². The van der Waals surface area contributed by atoms with Crippen LogP contribution in [0.3, 0.4) is 0 Å². The van der Waals surface area contributed by atoms with Crippen LogP contribution in [0.5, 0.6) is 0 Å². The van der Waals surface area contributed by atoms with Crippen LogP contribution in [0.4, 0.5) is 0 Å². The van der Waals surface area contributed by atoms with Crippen LogP contribution in [0.25, 0.3) is 0 Å². The number of carboxylic acid groups (broad SMARTS) is 1. The number of aliphatic carboxylic acids is 1. The van der Waals surface area contributed by atoms with E-state index in [9.17, 15) is 9.59 Å². The molecule has 0 atom stereocenters. The number of hydrogen-bond donors (Lipinski definition) is 1. The third-order valence-electron chi connectivity index (χ3n) is 3.32. The van der Waals surface area contributed by atoms with Crippen LogP contribution in [0.2, 0.25) is 5.02 Å². The molecule has 0 spiro atoms. The van der Waals surface area contributed by atoms with Crippen molar-refractivity contribution in [1.82, 2.24) is 9.47 Å². The van der Waals surface area contributed by atoms with E-state index in [2.05, 4.69) is 0 Å². The van der Waals surface area contributed by atoms with Gasteiger partial charge in [-0.05, 0) is 18.1 Å². The van der Waals surface area contributed by atoms with Crippen molar-refractivity contribution < 1.29 is 14.7 Å². The second-order valence-electron chi connectivity index (χ2n) is 5.01. The Kier molecular flexibility index (Phi) is 5.22. The third-order valence-corrected chi connectivity index (χ3v) is 3.52. The van der Waals surface area contributed by atoms with Gasteiger partial charge in [-0.3, -0.25) is 9.59 Å². The average molecular weight is 321 g/mol. The van der Waals surface area contributed by atoms with Crippen molar-refractivity contribution in [2.24, 2.45) is 7.05 Å². The molecule has 2 aromatic rings. The van der Waals surface area contributed by atoms with E-state index in [-0.39, 0.29) is 12.5 Å². The first-order chi connectivity index (χ1) is 10.5. The monoisotopic (exact) mass is 320 g/mol. The zero-order valence-electron chi connectivity index (χ0n) is 12.2. The number of benzene rings is 1. The van der Waals surface area contributed by atoms with Crippen LogP contribution in [0.1, 0.15) is 16.1 Å². The minimum atomic E-state index is -1.04. The molecule has 6 heteroatoms. The summed E-state index contributed by atoms with van der Waals surface area (Å²) in [5, 5.41) is 9.47. The number of carboxylic acids is 1. The van der Waals surface area contributed by atoms with E-state index in [1.165, 1.54) is 4.90 Å². The molecule has 0 unspecified atom stereocenters. The Labute approximate surface area is 133 Å². The Morgan fingerprint density at radius 1 is 1.27 bits per heavy atom. The van der Waals surface area contributed by atoms with Crippen LogP contribution in [-0.4, -0.2) is 39.5 Å². The van der Waals surface area contributed by atoms with Gasteiger partial charge in [0.1, 0.15) is 12.2 Å². The second-order valence-corrected chi connectivity index (χ2v) is 5.45. The molecule has 0 saturated heterocycles. The number of carbonyl (C=O) groups excluding carboxylic acids is 1. The quantitative estimate of drug-likeness (QED) is 0.889. The number of nitrogens with zero attached hydrogens (tertiary/aromatic N) is 2. The first-order valence-electron chi connectivity index (χ1n) is 6.84. The highest BCUT2D eigenvalue weighted by Gasteiger charge is 2.21. The van der Waals surface area contributed by atoms with Crippen LogP contribution in [0.15, 0.2) is 42.6 Å². The number of hydrogen-bond acceptors (Lipinski definition) is 2. The topological polar surface area (TPSA) is 62.5 Å². The minimum Gasteiger partial charge on any atom is -0.480 e. The second kappa shape index (κ2) is 7.13. The van der Waals surface area contributed by atoms with E-state index in [4.69, 9.17) is 16.7 Å². The minimum absolute atomic E-state index is 0.331. The van der Waals surface area contributed by atoms with E-state index < -0.39 is 5.97 Å². The van der Waals surface area contributed by atoms with Gasteiger partial charge in [-0.2, -0.15) is 0 Å². The van der Waals surface area contributed by atoms with Crippen molar-refractivity contribution >= 4 is 23.5 Å². The molecule has 1 N–H and O–H groups in total. The average Bonchev–Trinajstić information content (AvgIpc) is 2.82. The van der Waals surface area contributed by atoms with Crippen molar-refractivity contribution in [2.75, 3.05) is 13.1 Å². The summed E-state index contributed by atoms with van der Waals surface area (Å²) in [7, 11) is 1.70. The lowest BCUT2D eigenvalue weighted by molar-refractivity contribution is -0.137. The molecule has 2 rings (SSSR count). The Balaban J connectivity index is 2.13. The lowest BCUT2D eigenvalue weighted by atomic mass is 10.1. The fourth-order valence-electron chi connectivity index (χ4n) is 2.22. The summed E-state index contributed by atoms with van der Waals surface area (Å²) in [5.41, 5.74) is 1.43. The highest BCUT2D eigenvalue weighted by atomic mass is 35.5. The van der Waals surface area contributed by atoms with Gasteiger partial charge in [0.05, 0.1) is 5.02 Å². The summed E-state index contributed by atoms with van der Waals surface area (Å²) in [5.74, 6) is -1.38. The first kappa shape index (κ1) is 16.1. The molecule has 5 nitrogen and oxygen atoms in total. The van der Waals surface area contributed by atoms with E-state index in [0.29, 0.717) is 23.7 Å². The van der Waals surface area contributed by atoms with Gasteiger partial charge in [0.25, 0.3) is 5.91 Å². The molecule has 0 radical (unpaired) electrons. The maximum absolute atomic E-state index is 12.5. The predicted octanol–water partition coefficient (Wildman–Crippen LogP) is 2.45. The van der Waals surface area contributed by atoms with Gasteiger partial charge in [0.2, 0.25) is 0 Å². The summed E-state index contributed by atoms with van der Waals surface area (Å²) in [6, 6.07) is 11.2. The molecule has 0 bridgehead atoms. The van der Waals surface area contributed by atoms with Gasteiger partial charge >= 0.3 is 5.97 Å². The number of amides is 1. The molecule has 0 saturated carbocycles. The van der Waals surface area contributed by atoms with E-state index in [1.807, 2.05) is 30.3 Å². The molecule has 1 aromatic heterocycles. The van der Waals surface area contributed by atoms with Crippen LogP contribution < -0.4 is 0 Å². The molecule has 0 fully saturated rings. The van der Waals surface area contributed by atoms with Crippen molar-refractivity contribution in [2.45, 2.75) is 6.42 Å². The Morgan fingerprint density at radius 3 is 2.50 bits per heavy atom. The van der Waals surface area contributed by atoms with E-state index in [0.717, 1.165) is 5.56 Å². The number of carbonyl (C=O) groups is 2. The van der Waals surface area contributed by atoms with E-state index >= 15 is 0 Å². The summed E-state index contributed by atoms with van der Waals surface area (Å²) in [4.78, 5) is 24.9. The van der Waals surface area contributed by atoms with Crippen LogP contribution in [-0.2, 0) is 18.3 Å². The zero-order valence-corrected chi connectivity index (χ0v) is 13.0. The number of rotatable bonds is 6. The SMILES string of the molecule is Cn1cc(Cl)cc1C(=O)N(CCc1ccccc1)CC(=O)O. The lowest BCUT2D eigenvalue weighted by Crippen LogP contribution is -2.38. The smallest absolute Gasteiger partial charge is 0.323 e. The molecule has 1 amide bonds. The van der Waals surface area contributed by atoms with Crippen LogP contribution >= 0.6 is 11.6 Å². The molecule has 0 aliphatic heterocycles. The molecule has 22 heavy (non-hydrogen) atoms. The van der Waals surface area contributed by atoms with Crippen molar-refractivity contribution in [1.29, 1.82) is 0 Å². The maximum atomic E-state index is 12.5. The van der Waals surface area contributed by atoms with Gasteiger partial charge in [0.15, 0.2) is 0 Å². The molecule has 0 aliphatic rings. The molecule has 0 aliphatic carbocycles. The molecular weight excluding hydrogens is 304 g/mol. The highest BCUT2D eigenvalue weighted by molar-refractivity contribution is 6.31. The Morgan fingerprint density at radius 2 is 1.95 bits per heavy atom. The molecule has 1 aromatic carbocycles. The largest absolute Gasteiger partial charge is 0.480 e. The van der Waals surface area contributed by atoms with Crippen molar-refractivity contribution in [3.05, 3.63) is 58.9 Å². The summed E-state index contributed by atoms with van der Waals surface area (Å²) in [6.07, 6.45) is 2.21. The number of aryl methyl sites for hydroxylation is 1. The Hall–Kier alpha value is -2.27. The van der Waals surface area contributed by atoms with Crippen molar-refractivity contribution in [3.8, 4) is 0 Å². The van der Waals surface area contributed by atoms with Gasteiger partial charge < -0.3 is 14.6 Å². The fraction of sp³-hybridized carbons (Fsp3) is 0.250. The molecule has 1 heterocycles. The molecular formula is C16H17ClN2O3. The number of aromatic nitrogens is 1. The normalized spacial score (nSPS) is 10.5. The van der Waals surface area contributed by atoms with Crippen LogP contribution in [0, 0.1) is 0 Å². The standard InChI is InChI=1S/C16H17ClN2O3/c1-18-10-13(17)9-14(18)16(22)19(11-15(20)21)8-7-12-5-3-2-4-6-12/h2-6,9-10H,7-8,11H2,1H3,(H,20,21). The number of halogens is 1. The summed E-state index contributed by atoms with van der Waals surface area (Å²) < 4.78 is 1.60. The fourth-order valence-corrected chi connectivity index (χ4v) is 2.47. The lowest BCUT2D eigenvalue weighted by Gasteiger charge is -2.21. The van der Waals surface area contributed by atoms with Gasteiger partial charge in [-0.15, -0.1) is 0 Å². The van der Waals surface area contributed by atoms with Gasteiger partial charge in [-0.1, -0.05) is 41.9 Å². The predicted molar refractivity (Wildman–Crippen MR) is 84.1 cm³/mol. The highest BCUT2D eigenvalue weighted by Crippen LogP contribution is 2.15. The summed E-state index contributed by atoms with van der Waals surface area (Å²) in [6.45, 7) is -0.00753. The van der Waals surface area contributed by atoms with Gasteiger partial charge in [0, 0.05) is 19.8 Å². The van der Waals surface area contributed by atoms with E-state index in [1.54, 1.807) is 23.9 Å². The first-order valence-corrected chi connectivity index (χ1v) is 7.22. The summed E-state index contributed by atoms with van der Waals surface area (Å²) >= 11 is 5.89.